The zero-order chi connectivity index (χ0) is 12.4. The van der Waals surface area contributed by atoms with Crippen LogP contribution in [0.4, 0.5) is 20.2 Å². The largest absolute Gasteiger partial charge is 0.396 e. The van der Waals surface area contributed by atoms with E-state index < -0.39 is 11.6 Å². The highest BCUT2D eigenvalue weighted by Crippen LogP contribution is 2.32. The number of nitrogens with two attached hydrogens (primary N) is 1. The van der Waals surface area contributed by atoms with Crippen LogP contribution in [0.2, 0.25) is 0 Å². The molecule has 0 spiro atoms. The monoisotopic (exact) mass is 242 g/mol. The molecule has 0 aromatic heterocycles. The van der Waals surface area contributed by atoms with Gasteiger partial charge in [0, 0.05) is 25.8 Å². The molecule has 2 rings (SSSR count). The van der Waals surface area contributed by atoms with E-state index in [1.807, 2.05) is 4.90 Å². The number of aliphatic hydroxyl groups is 1. The van der Waals surface area contributed by atoms with Gasteiger partial charge in [0.2, 0.25) is 0 Å². The first-order valence-electron chi connectivity index (χ1n) is 5.72. The first-order valence-corrected chi connectivity index (χ1v) is 5.72. The Morgan fingerprint density at radius 3 is 2.88 bits per heavy atom. The summed E-state index contributed by atoms with van der Waals surface area (Å²) in [6, 6.07) is 2.06. The molecule has 0 amide bonds. The average Bonchev–Trinajstić information content (AvgIpc) is 2.72. The Morgan fingerprint density at radius 2 is 2.18 bits per heavy atom. The second-order valence-electron chi connectivity index (χ2n) is 4.43. The highest BCUT2D eigenvalue weighted by Gasteiger charge is 2.24. The molecule has 5 heteroatoms. The number of hydrogen-bond donors (Lipinski definition) is 2. The summed E-state index contributed by atoms with van der Waals surface area (Å²) in [6.45, 7) is 1.55. The normalized spacial score (nSPS) is 19.9. The number of nitrogens with zero attached hydrogens (tertiary/aromatic N) is 1. The molecule has 3 nitrogen and oxygen atoms in total. The standard InChI is InChI=1S/C12H16F2N2O/c13-9-5-10(14)12(15)11(6-9)16-3-1-8(7-16)2-4-17/h5-6,8,17H,1-4,7,15H2. The van der Waals surface area contributed by atoms with Crippen molar-refractivity contribution < 1.29 is 13.9 Å². The van der Waals surface area contributed by atoms with Crippen LogP contribution in [-0.4, -0.2) is 24.8 Å². The van der Waals surface area contributed by atoms with Crippen molar-refractivity contribution in [1.29, 1.82) is 0 Å². The van der Waals surface area contributed by atoms with Gasteiger partial charge in [-0.15, -0.1) is 0 Å². The molecule has 1 aromatic carbocycles. The Bertz CT molecular complexity index is 412. The van der Waals surface area contributed by atoms with E-state index in [2.05, 4.69) is 0 Å². The number of benzene rings is 1. The summed E-state index contributed by atoms with van der Waals surface area (Å²) >= 11 is 0. The van der Waals surface area contributed by atoms with Gasteiger partial charge < -0.3 is 15.7 Å². The number of aliphatic hydroxyl groups excluding tert-OH is 1. The van der Waals surface area contributed by atoms with Crippen molar-refractivity contribution in [3.05, 3.63) is 23.8 Å². The zero-order valence-electron chi connectivity index (χ0n) is 9.50. The van der Waals surface area contributed by atoms with Crippen molar-refractivity contribution in [2.75, 3.05) is 30.3 Å². The predicted molar refractivity (Wildman–Crippen MR) is 62.8 cm³/mol. The highest BCUT2D eigenvalue weighted by atomic mass is 19.1. The molecule has 0 saturated carbocycles. The maximum absolute atomic E-state index is 13.3. The van der Waals surface area contributed by atoms with Gasteiger partial charge in [-0.3, -0.25) is 0 Å². The Hall–Kier alpha value is -1.36. The van der Waals surface area contributed by atoms with Crippen molar-refractivity contribution in [2.24, 2.45) is 5.92 Å². The van der Waals surface area contributed by atoms with E-state index in [0.717, 1.165) is 19.0 Å². The van der Waals surface area contributed by atoms with E-state index in [0.29, 0.717) is 24.6 Å². The fourth-order valence-corrected chi connectivity index (χ4v) is 2.30. The lowest BCUT2D eigenvalue weighted by molar-refractivity contribution is 0.263. The molecular formula is C12H16F2N2O. The Morgan fingerprint density at radius 1 is 1.41 bits per heavy atom. The molecule has 1 aliphatic rings. The van der Waals surface area contributed by atoms with Crippen molar-refractivity contribution in [3.63, 3.8) is 0 Å². The maximum atomic E-state index is 13.3. The van der Waals surface area contributed by atoms with E-state index in [1.54, 1.807) is 0 Å². The van der Waals surface area contributed by atoms with E-state index in [4.69, 9.17) is 10.8 Å². The van der Waals surface area contributed by atoms with Crippen LogP contribution in [0, 0.1) is 17.6 Å². The Labute approximate surface area is 98.8 Å². The van der Waals surface area contributed by atoms with Crippen LogP contribution in [0.5, 0.6) is 0 Å². The smallest absolute Gasteiger partial charge is 0.151 e. The van der Waals surface area contributed by atoms with Crippen LogP contribution >= 0.6 is 0 Å². The lowest BCUT2D eigenvalue weighted by atomic mass is 10.1. The zero-order valence-corrected chi connectivity index (χ0v) is 9.50. The third-order valence-electron chi connectivity index (χ3n) is 3.24. The summed E-state index contributed by atoms with van der Waals surface area (Å²) in [4.78, 5) is 1.88. The summed E-state index contributed by atoms with van der Waals surface area (Å²) in [7, 11) is 0. The van der Waals surface area contributed by atoms with E-state index in [1.165, 1.54) is 6.07 Å². The number of nitrogen functional groups attached to an aromatic ring is 1. The molecule has 94 valence electrons. The fourth-order valence-electron chi connectivity index (χ4n) is 2.30. The van der Waals surface area contributed by atoms with Crippen LogP contribution in [0.1, 0.15) is 12.8 Å². The van der Waals surface area contributed by atoms with E-state index >= 15 is 0 Å². The maximum Gasteiger partial charge on any atom is 0.151 e. The molecule has 1 heterocycles. The molecule has 1 fully saturated rings. The fraction of sp³-hybridized carbons (Fsp3) is 0.500. The van der Waals surface area contributed by atoms with Gasteiger partial charge in [-0.1, -0.05) is 0 Å². The molecule has 1 atom stereocenters. The van der Waals surface area contributed by atoms with Gasteiger partial charge >= 0.3 is 0 Å². The molecule has 0 radical (unpaired) electrons. The van der Waals surface area contributed by atoms with Gasteiger partial charge in [-0.2, -0.15) is 0 Å². The second kappa shape index (κ2) is 4.87. The Kier molecular flexibility index (Phi) is 3.47. The molecular weight excluding hydrogens is 226 g/mol. The van der Waals surface area contributed by atoms with Crippen LogP contribution < -0.4 is 10.6 Å². The number of anilines is 2. The van der Waals surface area contributed by atoms with Crippen molar-refractivity contribution in [1.82, 2.24) is 0 Å². The molecule has 3 N–H and O–H groups in total. The van der Waals surface area contributed by atoms with Gasteiger partial charge in [0.1, 0.15) is 5.82 Å². The molecule has 0 aliphatic carbocycles. The minimum atomic E-state index is -0.717. The Balaban J connectivity index is 2.18. The van der Waals surface area contributed by atoms with Gasteiger partial charge in [0.25, 0.3) is 0 Å². The van der Waals surface area contributed by atoms with Crippen LogP contribution in [-0.2, 0) is 0 Å². The number of rotatable bonds is 3. The summed E-state index contributed by atoms with van der Waals surface area (Å²) in [5.41, 5.74) is 6.03. The van der Waals surface area contributed by atoms with Crippen molar-refractivity contribution >= 4 is 11.4 Å². The quantitative estimate of drug-likeness (QED) is 0.794. The molecule has 17 heavy (non-hydrogen) atoms. The van der Waals surface area contributed by atoms with E-state index in [9.17, 15) is 8.78 Å². The second-order valence-corrected chi connectivity index (χ2v) is 4.43. The van der Waals surface area contributed by atoms with Gasteiger partial charge in [-0.05, 0) is 24.8 Å². The summed E-state index contributed by atoms with van der Waals surface area (Å²) in [6.07, 6.45) is 1.63. The van der Waals surface area contributed by atoms with Crippen molar-refractivity contribution in [2.45, 2.75) is 12.8 Å². The average molecular weight is 242 g/mol. The summed E-state index contributed by atoms with van der Waals surface area (Å²) < 4.78 is 26.5. The summed E-state index contributed by atoms with van der Waals surface area (Å²) in [5.74, 6) is -0.964. The van der Waals surface area contributed by atoms with Crippen LogP contribution in [0.3, 0.4) is 0 Å². The third-order valence-corrected chi connectivity index (χ3v) is 3.24. The lowest BCUT2D eigenvalue weighted by Gasteiger charge is -2.21. The molecule has 1 unspecified atom stereocenters. The first kappa shape index (κ1) is 12.1. The molecule has 1 aliphatic heterocycles. The minimum Gasteiger partial charge on any atom is -0.396 e. The minimum absolute atomic E-state index is 0.00366. The molecule has 1 saturated heterocycles. The number of halogens is 2. The molecule has 1 aromatic rings. The van der Waals surface area contributed by atoms with Gasteiger partial charge in [0.05, 0.1) is 11.4 Å². The SMILES string of the molecule is Nc1c(F)cc(F)cc1N1CCC(CCO)C1. The first-order chi connectivity index (χ1) is 8.11. The van der Waals surface area contributed by atoms with Crippen LogP contribution in [0.15, 0.2) is 12.1 Å². The van der Waals surface area contributed by atoms with Gasteiger partial charge in [0.15, 0.2) is 5.82 Å². The topological polar surface area (TPSA) is 49.5 Å². The predicted octanol–water partition coefficient (Wildman–Crippen LogP) is 1.76. The van der Waals surface area contributed by atoms with Gasteiger partial charge in [-0.25, -0.2) is 8.78 Å². The third kappa shape index (κ3) is 2.49. The lowest BCUT2D eigenvalue weighted by Crippen LogP contribution is -2.21. The summed E-state index contributed by atoms with van der Waals surface area (Å²) in [5, 5.41) is 8.86. The highest BCUT2D eigenvalue weighted by molar-refractivity contribution is 5.68. The number of hydrogen-bond acceptors (Lipinski definition) is 3. The van der Waals surface area contributed by atoms with Crippen molar-refractivity contribution in [3.8, 4) is 0 Å². The molecule has 0 bridgehead atoms. The van der Waals surface area contributed by atoms with Crippen LogP contribution in [0.25, 0.3) is 0 Å². The van der Waals surface area contributed by atoms with E-state index in [-0.39, 0.29) is 12.3 Å².